The molecule has 0 fully saturated rings. The van der Waals surface area contributed by atoms with Crippen molar-refractivity contribution in [1.29, 1.82) is 0 Å². The molecule has 3 nitrogen and oxygen atoms in total. The van der Waals surface area contributed by atoms with Crippen molar-refractivity contribution in [2.45, 2.75) is 27.7 Å². The molecule has 61 heavy (non-hydrogen) atoms. The van der Waals surface area contributed by atoms with E-state index in [1.165, 1.54) is 55.2 Å². The van der Waals surface area contributed by atoms with E-state index in [1.807, 2.05) is 0 Å². The molecular formula is C58H47N3. The highest BCUT2D eigenvalue weighted by atomic mass is 15.1. The van der Waals surface area contributed by atoms with Crippen LogP contribution in [0.5, 0.6) is 0 Å². The van der Waals surface area contributed by atoms with Gasteiger partial charge in [0, 0.05) is 56.1 Å². The van der Waals surface area contributed by atoms with Crippen LogP contribution < -0.4 is 9.80 Å². The van der Waals surface area contributed by atoms with E-state index in [0.29, 0.717) is 0 Å². The molecule has 0 saturated heterocycles. The van der Waals surface area contributed by atoms with Gasteiger partial charge in [-0.15, -0.1) is 0 Å². The highest BCUT2D eigenvalue weighted by Crippen LogP contribution is 2.43. The molecule has 1 heterocycles. The predicted octanol–water partition coefficient (Wildman–Crippen LogP) is 16.3. The molecule has 0 aliphatic rings. The molecule has 0 radical (unpaired) electrons. The number of rotatable bonds is 9. The Balaban J connectivity index is 1.13. The van der Waals surface area contributed by atoms with E-state index in [2.05, 4.69) is 254 Å². The third-order valence-corrected chi connectivity index (χ3v) is 11.8. The monoisotopic (exact) mass is 785 g/mol. The summed E-state index contributed by atoms with van der Waals surface area (Å²) in [7, 11) is 0. The number of hydrogen-bond acceptors (Lipinski definition) is 2. The average molecular weight is 786 g/mol. The van der Waals surface area contributed by atoms with Crippen LogP contribution in [-0.2, 0) is 0 Å². The smallest absolute Gasteiger partial charge is 0.0619 e. The van der Waals surface area contributed by atoms with Gasteiger partial charge < -0.3 is 14.4 Å². The Kier molecular flexibility index (Phi) is 9.78. The zero-order valence-electron chi connectivity index (χ0n) is 35.0. The summed E-state index contributed by atoms with van der Waals surface area (Å²) in [5.41, 5.74) is 19.9. The Morgan fingerprint density at radius 1 is 0.311 bits per heavy atom. The van der Waals surface area contributed by atoms with Gasteiger partial charge in [0.25, 0.3) is 0 Å². The number of anilines is 6. The fourth-order valence-corrected chi connectivity index (χ4v) is 8.59. The molecule has 0 aliphatic carbocycles. The van der Waals surface area contributed by atoms with Crippen LogP contribution in [-0.4, -0.2) is 4.57 Å². The van der Waals surface area contributed by atoms with Crippen molar-refractivity contribution in [1.82, 2.24) is 4.57 Å². The second-order valence-electron chi connectivity index (χ2n) is 16.2. The Morgan fingerprint density at radius 2 is 0.689 bits per heavy atom. The molecule has 1 aromatic heterocycles. The third-order valence-electron chi connectivity index (χ3n) is 11.8. The van der Waals surface area contributed by atoms with E-state index in [1.54, 1.807) is 0 Å². The maximum atomic E-state index is 2.44. The summed E-state index contributed by atoms with van der Waals surface area (Å²) in [4.78, 5) is 4.68. The molecule has 0 aliphatic heterocycles. The molecule has 0 N–H and O–H groups in total. The first-order valence-corrected chi connectivity index (χ1v) is 21.1. The van der Waals surface area contributed by atoms with E-state index in [9.17, 15) is 0 Å². The Morgan fingerprint density at radius 3 is 1.13 bits per heavy atom. The first kappa shape index (κ1) is 37.6. The molecule has 3 heteroatoms. The van der Waals surface area contributed by atoms with Crippen LogP contribution in [0.3, 0.4) is 0 Å². The first-order chi connectivity index (χ1) is 29.9. The summed E-state index contributed by atoms with van der Waals surface area (Å²) in [6.45, 7) is 8.55. The minimum atomic E-state index is 1.11. The summed E-state index contributed by atoms with van der Waals surface area (Å²) in [6.07, 6.45) is 0. The summed E-state index contributed by atoms with van der Waals surface area (Å²) < 4.78 is 2.44. The van der Waals surface area contributed by atoms with Gasteiger partial charge in [-0.2, -0.15) is 0 Å². The van der Waals surface area contributed by atoms with Crippen molar-refractivity contribution in [2.24, 2.45) is 0 Å². The number of aromatic nitrogens is 1. The topological polar surface area (TPSA) is 11.4 Å². The van der Waals surface area contributed by atoms with E-state index < -0.39 is 0 Å². The second kappa shape index (κ2) is 15.9. The minimum absolute atomic E-state index is 1.11. The number of benzene rings is 9. The van der Waals surface area contributed by atoms with Crippen LogP contribution in [0.15, 0.2) is 212 Å². The van der Waals surface area contributed by atoms with Crippen molar-refractivity contribution in [3.8, 4) is 27.9 Å². The van der Waals surface area contributed by atoms with E-state index in [-0.39, 0.29) is 0 Å². The van der Waals surface area contributed by atoms with Gasteiger partial charge in [0.05, 0.1) is 11.0 Å². The number of aryl methyl sites for hydroxylation is 4. The molecule has 0 amide bonds. The lowest BCUT2D eigenvalue weighted by atomic mass is 9.95. The van der Waals surface area contributed by atoms with Crippen molar-refractivity contribution in [2.75, 3.05) is 9.80 Å². The van der Waals surface area contributed by atoms with Crippen LogP contribution >= 0.6 is 0 Å². The Labute approximate surface area is 359 Å². The number of nitrogens with zero attached hydrogens (tertiary/aromatic N) is 3. The van der Waals surface area contributed by atoms with E-state index >= 15 is 0 Å². The van der Waals surface area contributed by atoms with E-state index in [0.717, 1.165) is 50.9 Å². The molecule has 0 spiro atoms. The number of para-hydroxylation sites is 2. The quantitative estimate of drug-likeness (QED) is 0.144. The molecule has 294 valence electrons. The zero-order chi connectivity index (χ0) is 41.5. The summed E-state index contributed by atoms with van der Waals surface area (Å²) in [5.74, 6) is 0. The van der Waals surface area contributed by atoms with Crippen LogP contribution in [0, 0.1) is 27.7 Å². The highest BCUT2D eigenvalue weighted by molar-refractivity contribution is 6.15. The van der Waals surface area contributed by atoms with Crippen LogP contribution in [0.25, 0.3) is 49.7 Å². The third kappa shape index (κ3) is 7.25. The second-order valence-corrected chi connectivity index (χ2v) is 16.2. The summed E-state index contributed by atoms with van der Waals surface area (Å²) in [6, 6.07) is 77.7. The van der Waals surface area contributed by atoms with Crippen LogP contribution in [0.2, 0.25) is 0 Å². The maximum Gasteiger partial charge on any atom is 0.0619 e. The van der Waals surface area contributed by atoms with Crippen LogP contribution in [0.1, 0.15) is 22.3 Å². The lowest BCUT2D eigenvalue weighted by Crippen LogP contribution is -2.09. The molecule has 0 unspecified atom stereocenters. The van der Waals surface area contributed by atoms with Gasteiger partial charge in [0.15, 0.2) is 0 Å². The fraction of sp³-hybridized carbons (Fsp3) is 0.0690. The standard InChI is InChI=1S/C58H47N3/c1-40-14-26-48(27-15-40)59(49-28-16-41(2)17-29-49)52-34-22-44(23-35-52)46-38-55(58-56(39-46)54-12-8-9-13-57(54)61(58)47-10-6-5-7-11-47)45-24-36-53(37-25-45)60(50-30-18-42(3)19-31-50)51-32-20-43(4)21-33-51/h5-39H,1-4H3. The summed E-state index contributed by atoms with van der Waals surface area (Å²) in [5, 5.41) is 2.45. The zero-order valence-corrected chi connectivity index (χ0v) is 35.0. The van der Waals surface area contributed by atoms with Gasteiger partial charge >= 0.3 is 0 Å². The first-order valence-electron chi connectivity index (χ1n) is 21.1. The maximum absolute atomic E-state index is 2.44. The SMILES string of the molecule is Cc1ccc(N(c2ccc(C)cc2)c2ccc(-c3cc(-c4ccc(N(c5ccc(C)cc5)c5ccc(C)cc5)cc4)c4c(c3)c3ccccc3n4-c3ccccc3)cc2)cc1. The van der Waals surface area contributed by atoms with Crippen molar-refractivity contribution < 1.29 is 0 Å². The predicted molar refractivity (Wildman–Crippen MR) is 260 cm³/mol. The largest absolute Gasteiger partial charge is 0.311 e. The van der Waals surface area contributed by atoms with Crippen LogP contribution in [0.4, 0.5) is 34.1 Å². The number of hydrogen-bond donors (Lipinski definition) is 0. The normalized spacial score (nSPS) is 11.3. The molecule has 10 aromatic rings. The lowest BCUT2D eigenvalue weighted by Gasteiger charge is -2.26. The molecular weight excluding hydrogens is 739 g/mol. The molecule has 0 saturated carbocycles. The fourth-order valence-electron chi connectivity index (χ4n) is 8.59. The highest BCUT2D eigenvalue weighted by Gasteiger charge is 2.20. The van der Waals surface area contributed by atoms with Crippen molar-refractivity contribution in [3.63, 3.8) is 0 Å². The molecule has 10 rings (SSSR count). The lowest BCUT2D eigenvalue weighted by molar-refractivity contribution is 1.18. The van der Waals surface area contributed by atoms with Crippen molar-refractivity contribution >= 4 is 55.9 Å². The van der Waals surface area contributed by atoms with Gasteiger partial charge in [-0.25, -0.2) is 0 Å². The summed E-state index contributed by atoms with van der Waals surface area (Å²) >= 11 is 0. The van der Waals surface area contributed by atoms with Gasteiger partial charge in [0.2, 0.25) is 0 Å². The number of fused-ring (bicyclic) bond motifs is 3. The minimum Gasteiger partial charge on any atom is -0.311 e. The molecule has 9 aromatic carbocycles. The Hall–Kier alpha value is -7.62. The van der Waals surface area contributed by atoms with Gasteiger partial charge in [0.1, 0.15) is 0 Å². The van der Waals surface area contributed by atoms with Gasteiger partial charge in [-0.1, -0.05) is 131 Å². The van der Waals surface area contributed by atoms with E-state index in [4.69, 9.17) is 0 Å². The average Bonchev–Trinajstić information content (AvgIpc) is 3.64. The van der Waals surface area contributed by atoms with Gasteiger partial charge in [-0.05, 0) is 148 Å². The molecule has 0 atom stereocenters. The van der Waals surface area contributed by atoms with Gasteiger partial charge in [-0.3, -0.25) is 0 Å². The molecule has 0 bridgehead atoms. The van der Waals surface area contributed by atoms with Crippen molar-refractivity contribution in [3.05, 3.63) is 235 Å². The Bertz CT molecular complexity index is 3020.